The Kier molecular flexibility index (Phi) is 3.98. The van der Waals surface area contributed by atoms with Gasteiger partial charge in [0, 0.05) is 16.7 Å². The normalized spacial score (nSPS) is 55.2. The quantitative estimate of drug-likeness (QED) is 0.717. The first-order chi connectivity index (χ1) is 12.8. The summed E-state index contributed by atoms with van der Waals surface area (Å²) in [5, 5.41) is 22.4. The zero-order valence-electron chi connectivity index (χ0n) is 16.7. The Morgan fingerprint density at radius 2 is 1.89 bits per heavy atom. The van der Waals surface area contributed by atoms with Crippen LogP contribution in [-0.4, -0.2) is 45.3 Å². The van der Waals surface area contributed by atoms with Crippen molar-refractivity contribution in [3.05, 3.63) is 23.8 Å². The van der Waals surface area contributed by atoms with Crippen LogP contribution in [0.5, 0.6) is 0 Å². The molecule has 6 heteroatoms. The molecule has 0 spiro atoms. The second-order valence-corrected chi connectivity index (χ2v) is 9.82. The van der Waals surface area contributed by atoms with Gasteiger partial charge in [-0.05, 0) is 62.7 Å². The van der Waals surface area contributed by atoms with Crippen LogP contribution in [0.25, 0.3) is 0 Å². The predicted octanol–water partition coefficient (Wildman–Crippen LogP) is 2.87. The van der Waals surface area contributed by atoms with Gasteiger partial charge in [-0.1, -0.05) is 19.9 Å². The highest BCUT2D eigenvalue weighted by Crippen LogP contribution is 2.70. The fourth-order valence-corrected chi connectivity index (χ4v) is 7.29. The molecule has 9 atom stereocenters. The van der Waals surface area contributed by atoms with Crippen molar-refractivity contribution in [2.45, 2.75) is 70.5 Å². The lowest BCUT2D eigenvalue weighted by atomic mass is 9.44. The largest absolute Gasteiger partial charge is 0.390 e. The summed E-state index contributed by atoms with van der Waals surface area (Å²) in [6, 6.07) is 0. The Balaban J connectivity index is 1.88. The highest BCUT2D eigenvalue weighted by atomic mass is 19.1. The van der Waals surface area contributed by atoms with Gasteiger partial charge >= 0.3 is 0 Å². The lowest BCUT2D eigenvalue weighted by Crippen LogP contribution is -2.70. The third kappa shape index (κ3) is 1.96. The van der Waals surface area contributed by atoms with Crippen LogP contribution in [0.1, 0.15) is 47.0 Å². The molecule has 0 aromatic rings. The van der Waals surface area contributed by atoms with Crippen molar-refractivity contribution < 1.29 is 28.6 Å². The number of carbonyl (C=O) groups is 2. The number of allylic oxidation sites excluding steroid dienone is 4. The van der Waals surface area contributed by atoms with Gasteiger partial charge in [0.15, 0.2) is 17.2 Å². The highest BCUT2D eigenvalue weighted by molar-refractivity contribution is 6.01. The zero-order valence-corrected chi connectivity index (χ0v) is 16.7. The maximum atomic E-state index is 16.8. The molecule has 0 aromatic carbocycles. The summed E-state index contributed by atoms with van der Waals surface area (Å²) in [6.07, 6.45) is 0.918. The molecule has 4 aliphatic rings. The molecule has 154 valence electrons. The van der Waals surface area contributed by atoms with Crippen molar-refractivity contribution in [3.8, 4) is 0 Å². The Bertz CT molecular complexity index is 821. The number of hydrogen-bond donors (Lipinski definition) is 2. The Labute approximate surface area is 163 Å². The van der Waals surface area contributed by atoms with E-state index in [-0.39, 0.29) is 24.2 Å². The molecule has 0 amide bonds. The Morgan fingerprint density at radius 3 is 2.50 bits per heavy atom. The molecule has 3 unspecified atom stereocenters. The number of hydrogen-bond acceptors (Lipinski definition) is 4. The van der Waals surface area contributed by atoms with Gasteiger partial charge in [0.2, 0.25) is 0 Å². The van der Waals surface area contributed by atoms with Gasteiger partial charge in [0.25, 0.3) is 0 Å². The lowest BCUT2D eigenvalue weighted by molar-refractivity contribution is -0.222. The van der Waals surface area contributed by atoms with Gasteiger partial charge in [0.05, 0.1) is 6.10 Å². The minimum absolute atomic E-state index is 0.0780. The number of aliphatic hydroxyl groups excluding tert-OH is 1. The number of aliphatic hydroxyl groups is 2. The topological polar surface area (TPSA) is 74.6 Å². The summed E-state index contributed by atoms with van der Waals surface area (Å²) in [5.74, 6) is -2.51. The Hall–Kier alpha value is -1.40. The first kappa shape index (κ1) is 19.9. The van der Waals surface area contributed by atoms with E-state index in [4.69, 9.17) is 0 Å². The molecule has 3 saturated carbocycles. The van der Waals surface area contributed by atoms with Crippen LogP contribution in [0, 0.1) is 28.6 Å². The molecule has 2 N–H and O–H groups in total. The van der Waals surface area contributed by atoms with E-state index in [0.717, 1.165) is 6.08 Å². The molecule has 4 aliphatic carbocycles. The van der Waals surface area contributed by atoms with E-state index in [2.05, 4.69) is 0 Å². The Morgan fingerprint density at radius 1 is 1.25 bits per heavy atom. The summed E-state index contributed by atoms with van der Waals surface area (Å²) < 4.78 is 32.0. The van der Waals surface area contributed by atoms with Gasteiger partial charge in [-0.15, -0.1) is 0 Å². The third-order valence-electron chi connectivity index (χ3n) is 8.75. The number of Topliss-reactive ketones (excluding diaryl/α,β-unsaturated/α-hetero) is 1. The highest BCUT2D eigenvalue weighted by Gasteiger charge is 2.76. The van der Waals surface area contributed by atoms with Crippen molar-refractivity contribution in [1.29, 1.82) is 0 Å². The standard InChI is InChI=1S/C22H28F2O4/c1-11-7-14-15-9-17(23)16-8-13(26)5-6-19(16,3)21(15,24)18(27)10-20(14,4)22(11,28)12(2)25/h5-6,8,11,14-15,17-18,27-28H,7,9-10H2,1-4H3/t11?,14-,15-,17?,18?,19-,20-,21-,22-/m0/s1. The van der Waals surface area contributed by atoms with Crippen LogP contribution in [0.3, 0.4) is 0 Å². The molecule has 0 aliphatic heterocycles. The second-order valence-electron chi connectivity index (χ2n) is 9.82. The van der Waals surface area contributed by atoms with E-state index in [1.54, 1.807) is 20.8 Å². The summed E-state index contributed by atoms with van der Waals surface area (Å²) in [7, 11) is 0. The number of halogens is 2. The summed E-state index contributed by atoms with van der Waals surface area (Å²) in [4.78, 5) is 24.2. The predicted molar refractivity (Wildman–Crippen MR) is 98.8 cm³/mol. The fraction of sp³-hybridized carbons (Fsp3) is 0.727. The van der Waals surface area contributed by atoms with E-state index < -0.39 is 57.9 Å². The van der Waals surface area contributed by atoms with Crippen LogP contribution in [0.2, 0.25) is 0 Å². The average molecular weight is 394 g/mol. The van der Waals surface area contributed by atoms with Crippen LogP contribution < -0.4 is 0 Å². The van der Waals surface area contributed by atoms with Gasteiger partial charge < -0.3 is 10.2 Å². The van der Waals surface area contributed by atoms with Crippen molar-refractivity contribution in [2.24, 2.45) is 28.6 Å². The lowest BCUT2D eigenvalue weighted by Gasteiger charge is -2.63. The number of carbonyl (C=O) groups excluding carboxylic acids is 2. The molecule has 0 radical (unpaired) electrons. The van der Waals surface area contributed by atoms with Gasteiger partial charge in [0.1, 0.15) is 11.8 Å². The monoisotopic (exact) mass is 394 g/mol. The van der Waals surface area contributed by atoms with E-state index in [1.807, 2.05) is 0 Å². The van der Waals surface area contributed by atoms with E-state index in [1.165, 1.54) is 19.1 Å². The molecule has 4 rings (SSSR count). The number of rotatable bonds is 1. The number of alkyl halides is 2. The first-order valence-electron chi connectivity index (χ1n) is 10.0. The molecular weight excluding hydrogens is 366 g/mol. The van der Waals surface area contributed by atoms with Crippen molar-refractivity contribution in [1.82, 2.24) is 0 Å². The molecular formula is C22H28F2O4. The van der Waals surface area contributed by atoms with E-state index in [0.29, 0.717) is 6.42 Å². The smallest absolute Gasteiger partial charge is 0.178 e. The van der Waals surface area contributed by atoms with Crippen molar-refractivity contribution in [3.63, 3.8) is 0 Å². The van der Waals surface area contributed by atoms with Crippen LogP contribution in [0.15, 0.2) is 23.8 Å². The molecule has 0 bridgehead atoms. The summed E-state index contributed by atoms with van der Waals surface area (Å²) in [5.41, 5.74) is -6.26. The number of fused-ring (bicyclic) bond motifs is 5. The average Bonchev–Trinajstić information content (AvgIpc) is 2.81. The molecule has 0 aromatic heterocycles. The molecule has 3 fully saturated rings. The van der Waals surface area contributed by atoms with Crippen molar-refractivity contribution >= 4 is 11.6 Å². The van der Waals surface area contributed by atoms with Crippen molar-refractivity contribution in [2.75, 3.05) is 0 Å². The first-order valence-corrected chi connectivity index (χ1v) is 10.0. The minimum atomic E-state index is -2.18. The SMILES string of the molecule is CC(=O)[C@@]1(O)C(C)C[C@H]2[C@@H]3CC(F)C4=CC(=O)C=C[C@]4(C)[C@@]3(F)C(O)C[C@@]21C. The van der Waals surface area contributed by atoms with Crippen LogP contribution in [-0.2, 0) is 9.59 Å². The van der Waals surface area contributed by atoms with Crippen LogP contribution in [0.4, 0.5) is 8.78 Å². The molecule has 0 saturated heterocycles. The molecule has 4 nitrogen and oxygen atoms in total. The number of ketones is 2. The van der Waals surface area contributed by atoms with E-state index in [9.17, 15) is 19.8 Å². The summed E-state index contributed by atoms with van der Waals surface area (Å²) >= 11 is 0. The van der Waals surface area contributed by atoms with Gasteiger partial charge in [-0.25, -0.2) is 8.78 Å². The maximum Gasteiger partial charge on any atom is 0.178 e. The fourth-order valence-electron chi connectivity index (χ4n) is 7.29. The molecule has 0 heterocycles. The van der Waals surface area contributed by atoms with Gasteiger partial charge in [-0.3, -0.25) is 9.59 Å². The maximum absolute atomic E-state index is 16.8. The van der Waals surface area contributed by atoms with Gasteiger partial charge in [-0.2, -0.15) is 0 Å². The summed E-state index contributed by atoms with van der Waals surface area (Å²) in [6.45, 7) is 6.36. The second kappa shape index (κ2) is 5.60. The van der Waals surface area contributed by atoms with Crippen LogP contribution >= 0.6 is 0 Å². The third-order valence-corrected chi connectivity index (χ3v) is 8.75. The zero-order chi connectivity index (χ0) is 20.9. The molecule has 28 heavy (non-hydrogen) atoms. The van der Waals surface area contributed by atoms with E-state index >= 15 is 8.78 Å². The minimum Gasteiger partial charge on any atom is -0.390 e.